The smallest absolute Gasteiger partial charge is 0.0746 e. The van der Waals surface area contributed by atoms with Gasteiger partial charge in [0.1, 0.15) is 0 Å². The van der Waals surface area contributed by atoms with Gasteiger partial charge in [0.25, 0.3) is 0 Å². The van der Waals surface area contributed by atoms with E-state index >= 15 is 0 Å². The summed E-state index contributed by atoms with van der Waals surface area (Å²) in [6, 6.07) is 2.76. The molecule has 0 bridgehead atoms. The van der Waals surface area contributed by atoms with Crippen molar-refractivity contribution in [2.45, 2.75) is 64.1 Å². The van der Waals surface area contributed by atoms with Crippen molar-refractivity contribution in [3.05, 3.63) is 18.0 Å². The maximum atomic E-state index is 5.70. The van der Waals surface area contributed by atoms with Crippen LogP contribution in [0.15, 0.2) is 12.3 Å². The minimum atomic E-state index is 0.160. The van der Waals surface area contributed by atoms with Crippen LogP contribution in [0.5, 0.6) is 0 Å². The maximum absolute atomic E-state index is 5.70. The molecule has 0 aliphatic carbocycles. The van der Waals surface area contributed by atoms with Crippen molar-refractivity contribution in [3.8, 4) is 0 Å². The molecule has 0 saturated carbocycles. The van der Waals surface area contributed by atoms with Gasteiger partial charge in [-0.15, -0.1) is 0 Å². The van der Waals surface area contributed by atoms with E-state index in [0.717, 1.165) is 44.4 Å². The van der Waals surface area contributed by atoms with Crippen LogP contribution in [0.3, 0.4) is 0 Å². The Morgan fingerprint density at radius 3 is 2.89 bits per heavy atom. The molecule has 19 heavy (non-hydrogen) atoms. The lowest BCUT2D eigenvalue weighted by Crippen LogP contribution is -2.45. The second-order valence-corrected chi connectivity index (χ2v) is 5.29. The fraction of sp³-hybridized carbons (Fsp3) is 0.786. The molecular weight excluding hydrogens is 240 g/mol. The largest absolute Gasteiger partial charge is 0.377 e. The van der Waals surface area contributed by atoms with Crippen LogP contribution >= 0.6 is 0 Å². The molecule has 0 amide bonds. The third kappa shape index (κ3) is 3.55. The highest BCUT2D eigenvalue weighted by atomic mass is 16.5. The summed E-state index contributed by atoms with van der Waals surface area (Å²) >= 11 is 0. The van der Waals surface area contributed by atoms with Gasteiger partial charge < -0.3 is 4.74 Å². The number of nitrogens with zero attached hydrogens (tertiary/aromatic N) is 2. The van der Waals surface area contributed by atoms with Gasteiger partial charge in [0.15, 0.2) is 0 Å². The Morgan fingerprint density at radius 1 is 1.53 bits per heavy atom. The summed E-state index contributed by atoms with van der Waals surface area (Å²) in [5, 5.41) is 4.68. The Bertz CT molecular complexity index is 369. The highest BCUT2D eigenvalue weighted by Crippen LogP contribution is 2.19. The molecule has 0 radical (unpaired) electrons. The van der Waals surface area contributed by atoms with Gasteiger partial charge in [-0.3, -0.25) is 16.0 Å². The normalized spacial score (nSPS) is 21.2. The van der Waals surface area contributed by atoms with Crippen molar-refractivity contribution < 1.29 is 4.74 Å². The quantitative estimate of drug-likeness (QED) is 0.583. The average Bonchev–Trinajstić information content (AvgIpc) is 3.09. The van der Waals surface area contributed by atoms with E-state index in [1.54, 1.807) is 0 Å². The molecule has 2 atom stereocenters. The molecule has 5 heteroatoms. The molecular formula is C14H26N4O. The van der Waals surface area contributed by atoms with Crippen molar-refractivity contribution in [1.82, 2.24) is 15.2 Å². The van der Waals surface area contributed by atoms with Crippen molar-refractivity contribution >= 4 is 0 Å². The van der Waals surface area contributed by atoms with E-state index in [4.69, 9.17) is 10.6 Å². The fourth-order valence-corrected chi connectivity index (χ4v) is 2.80. The first-order valence-corrected chi connectivity index (χ1v) is 7.40. The summed E-state index contributed by atoms with van der Waals surface area (Å²) in [4.78, 5) is 0. The van der Waals surface area contributed by atoms with Crippen molar-refractivity contribution in [1.29, 1.82) is 0 Å². The summed E-state index contributed by atoms with van der Waals surface area (Å²) < 4.78 is 7.78. The summed E-state index contributed by atoms with van der Waals surface area (Å²) in [5.41, 5.74) is 3.97. The molecule has 108 valence electrons. The molecule has 0 aromatic carbocycles. The lowest BCUT2D eigenvalue weighted by atomic mass is 10.0. The number of hydrogen-bond acceptors (Lipinski definition) is 4. The standard InChI is InChI=1S/C14H26N4O/c1-3-12(4-2)18-8-7-11(17-18)10-13(16-15)14-6-5-9-19-14/h7-8,12-14,16H,3-6,9-10,15H2,1-2H3. The first kappa shape index (κ1) is 14.5. The van der Waals surface area contributed by atoms with Crippen LogP contribution in [0.25, 0.3) is 0 Å². The Labute approximate surface area is 115 Å². The van der Waals surface area contributed by atoms with Gasteiger partial charge in [-0.2, -0.15) is 5.10 Å². The number of aromatic nitrogens is 2. The number of rotatable bonds is 7. The summed E-state index contributed by atoms with van der Waals surface area (Å²) in [6.07, 6.45) is 7.57. The van der Waals surface area contributed by atoms with E-state index < -0.39 is 0 Å². The predicted molar refractivity (Wildman–Crippen MR) is 75.6 cm³/mol. The first-order valence-electron chi connectivity index (χ1n) is 7.40. The third-order valence-electron chi connectivity index (χ3n) is 4.04. The molecule has 2 unspecified atom stereocenters. The highest BCUT2D eigenvalue weighted by Gasteiger charge is 2.26. The van der Waals surface area contributed by atoms with Crippen LogP contribution in [0, 0.1) is 0 Å². The number of nitrogens with one attached hydrogen (secondary N) is 1. The second-order valence-electron chi connectivity index (χ2n) is 5.29. The van der Waals surface area contributed by atoms with Gasteiger partial charge in [-0.1, -0.05) is 13.8 Å². The fourth-order valence-electron chi connectivity index (χ4n) is 2.80. The van der Waals surface area contributed by atoms with E-state index in [1.807, 2.05) is 0 Å². The van der Waals surface area contributed by atoms with Crippen LogP contribution in [0.4, 0.5) is 0 Å². The van der Waals surface area contributed by atoms with E-state index in [1.165, 1.54) is 0 Å². The number of hydrogen-bond donors (Lipinski definition) is 2. The van der Waals surface area contributed by atoms with Gasteiger partial charge in [0.05, 0.1) is 23.9 Å². The zero-order chi connectivity index (χ0) is 13.7. The maximum Gasteiger partial charge on any atom is 0.0746 e. The highest BCUT2D eigenvalue weighted by molar-refractivity contribution is 5.03. The molecule has 1 aliphatic heterocycles. The minimum absolute atomic E-state index is 0.160. The minimum Gasteiger partial charge on any atom is -0.377 e. The van der Waals surface area contributed by atoms with Crippen LogP contribution in [-0.2, 0) is 11.2 Å². The van der Waals surface area contributed by atoms with Gasteiger partial charge >= 0.3 is 0 Å². The molecule has 1 fully saturated rings. The van der Waals surface area contributed by atoms with Crippen LogP contribution < -0.4 is 11.3 Å². The van der Waals surface area contributed by atoms with Crippen LogP contribution in [0.2, 0.25) is 0 Å². The number of ether oxygens (including phenoxy) is 1. The SMILES string of the molecule is CCC(CC)n1ccc(CC(NN)C2CCCO2)n1. The van der Waals surface area contributed by atoms with E-state index in [9.17, 15) is 0 Å². The topological polar surface area (TPSA) is 65.1 Å². The molecule has 0 spiro atoms. The predicted octanol–water partition coefficient (Wildman–Crippen LogP) is 1.80. The zero-order valence-electron chi connectivity index (χ0n) is 12.0. The zero-order valence-corrected chi connectivity index (χ0v) is 12.0. The van der Waals surface area contributed by atoms with Crippen LogP contribution in [-0.4, -0.2) is 28.5 Å². The summed E-state index contributed by atoms with van der Waals surface area (Å²) in [5.74, 6) is 5.65. The molecule has 1 aromatic rings. The van der Waals surface area contributed by atoms with E-state index in [2.05, 4.69) is 41.3 Å². The van der Waals surface area contributed by atoms with E-state index in [0.29, 0.717) is 6.04 Å². The van der Waals surface area contributed by atoms with Crippen LogP contribution in [0.1, 0.15) is 51.3 Å². The molecule has 3 N–H and O–H groups in total. The van der Waals surface area contributed by atoms with Gasteiger partial charge in [-0.05, 0) is 31.7 Å². The second kappa shape index (κ2) is 7.03. The molecule has 1 saturated heterocycles. The molecule has 2 rings (SSSR count). The molecule has 1 aromatic heterocycles. The van der Waals surface area contributed by atoms with Crippen molar-refractivity contribution in [2.24, 2.45) is 5.84 Å². The summed E-state index contributed by atoms with van der Waals surface area (Å²) in [6.45, 7) is 5.25. The first-order chi connectivity index (χ1) is 9.28. The van der Waals surface area contributed by atoms with Crippen molar-refractivity contribution in [3.63, 3.8) is 0 Å². The van der Waals surface area contributed by atoms with Gasteiger partial charge in [-0.25, -0.2) is 0 Å². The lowest BCUT2D eigenvalue weighted by Gasteiger charge is -2.21. The van der Waals surface area contributed by atoms with E-state index in [-0.39, 0.29) is 12.1 Å². The molecule has 5 nitrogen and oxygen atoms in total. The monoisotopic (exact) mass is 266 g/mol. The Kier molecular flexibility index (Phi) is 5.36. The Hall–Kier alpha value is -0.910. The summed E-state index contributed by atoms with van der Waals surface area (Å²) in [7, 11) is 0. The molecule has 1 aliphatic rings. The number of nitrogens with two attached hydrogens (primary N) is 1. The molecule has 2 heterocycles. The Balaban J connectivity index is 1.97. The lowest BCUT2D eigenvalue weighted by molar-refractivity contribution is 0.0781. The van der Waals surface area contributed by atoms with Gasteiger partial charge in [0, 0.05) is 19.2 Å². The number of hydrazine groups is 1. The third-order valence-corrected chi connectivity index (χ3v) is 4.04. The average molecular weight is 266 g/mol. The Morgan fingerprint density at radius 2 is 2.32 bits per heavy atom. The van der Waals surface area contributed by atoms with Gasteiger partial charge in [0.2, 0.25) is 0 Å². The van der Waals surface area contributed by atoms with Crippen molar-refractivity contribution in [2.75, 3.05) is 6.61 Å².